The van der Waals surface area contributed by atoms with Crippen LogP contribution in [-0.2, 0) is 0 Å². The zero-order valence-corrected chi connectivity index (χ0v) is 8.25. The lowest BCUT2D eigenvalue weighted by Gasteiger charge is -2.08. The highest BCUT2D eigenvalue weighted by atomic mass is 16.2. The normalized spacial score (nSPS) is 11.8. The summed E-state index contributed by atoms with van der Waals surface area (Å²) in [7, 11) is 0. The topological polar surface area (TPSA) is 20.2 Å². The van der Waals surface area contributed by atoms with E-state index in [9.17, 15) is 0 Å². The summed E-state index contributed by atoms with van der Waals surface area (Å²) >= 11 is 0. The zero-order valence-electron chi connectivity index (χ0n) is 8.25. The number of hydrogen-bond donors (Lipinski definition) is 1. The molecule has 1 nitrogen and oxygen atoms in total. The molecule has 0 saturated carbocycles. The molecule has 1 heteroatoms. The predicted molar refractivity (Wildman–Crippen MR) is 56.5 cm³/mol. The van der Waals surface area contributed by atoms with Crippen molar-refractivity contribution in [3.8, 4) is 0 Å². The number of allylic oxidation sites excluding steroid dienone is 1. The minimum absolute atomic E-state index is 0.216. The molecule has 0 unspecified atom stereocenters. The molecule has 0 radical (unpaired) electrons. The summed E-state index contributed by atoms with van der Waals surface area (Å²) in [6.45, 7) is 4.32. The third-order valence-electron chi connectivity index (χ3n) is 2.22. The first-order chi connectivity index (χ1) is 6.29. The molecule has 1 N–H and O–H groups in total. The quantitative estimate of drug-likeness (QED) is 0.750. The van der Waals surface area contributed by atoms with Crippen LogP contribution in [0.4, 0.5) is 0 Å². The Morgan fingerprint density at radius 3 is 2.62 bits per heavy atom. The highest BCUT2D eigenvalue weighted by molar-refractivity contribution is 5.67. The average molecular weight is 176 g/mol. The molecule has 0 aromatic heterocycles. The molecular weight excluding hydrogens is 160 g/mol. The lowest BCUT2D eigenvalue weighted by Crippen LogP contribution is -1.91. The molecule has 13 heavy (non-hydrogen) atoms. The van der Waals surface area contributed by atoms with Gasteiger partial charge in [0.15, 0.2) is 0 Å². The number of aliphatic hydroxyl groups is 1. The van der Waals surface area contributed by atoms with Crippen LogP contribution >= 0.6 is 0 Å². The van der Waals surface area contributed by atoms with E-state index in [1.54, 1.807) is 0 Å². The maximum atomic E-state index is 8.88. The fraction of sp³-hybridized carbons (Fsp3) is 0.333. The third-order valence-corrected chi connectivity index (χ3v) is 2.22. The molecule has 70 valence electrons. The largest absolute Gasteiger partial charge is 0.396 e. The van der Waals surface area contributed by atoms with Gasteiger partial charge < -0.3 is 5.11 Å². The molecule has 0 spiro atoms. The van der Waals surface area contributed by atoms with Gasteiger partial charge in [-0.05, 0) is 37.0 Å². The highest BCUT2D eigenvalue weighted by Crippen LogP contribution is 2.20. The molecule has 0 bridgehead atoms. The fourth-order valence-electron chi connectivity index (χ4n) is 1.49. The van der Waals surface area contributed by atoms with Crippen molar-refractivity contribution in [3.05, 3.63) is 41.5 Å². The summed E-state index contributed by atoms with van der Waals surface area (Å²) in [5.74, 6) is 0. The summed E-state index contributed by atoms with van der Waals surface area (Å²) in [5.41, 5.74) is 3.74. The van der Waals surface area contributed by atoms with E-state index in [-0.39, 0.29) is 6.61 Å². The second kappa shape index (κ2) is 4.83. The van der Waals surface area contributed by atoms with Crippen molar-refractivity contribution < 1.29 is 5.11 Å². The highest BCUT2D eigenvalue weighted by Gasteiger charge is 2.01. The van der Waals surface area contributed by atoms with Crippen LogP contribution in [0.5, 0.6) is 0 Å². The Bertz CT molecular complexity index is 300. The van der Waals surface area contributed by atoms with Crippen molar-refractivity contribution in [1.29, 1.82) is 0 Å². The van der Waals surface area contributed by atoms with Crippen molar-refractivity contribution >= 4 is 5.57 Å². The molecular formula is C12H16O. The summed E-state index contributed by atoms with van der Waals surface area (Å²) in [6.07, 6.45) is 2.81. The van der Waals surface area contributed by atoms with Gasteiger partial charge >= 0.3 is 0 Å². The standard InChI is InChI=1S/C12H16O/c1-3-11(8-9-13)12-7-5-4-6-10(12)2/h3-7,13H,8-9H2,1-2H3/b11-3-. The molecule has 0 atom stereocenters. The van der Waals surface area contributed by atoms with E-state index >= 15 is 0 Å². The molecule has 0 amide bonds. The SMILES string of the molecule is C/C=C(/CCO)c1ccccc1C. The van der Waals surface area contributed by atoms with E-state index in [0.29, 0.717) is 0 Å². The Balaban J connectivity index is 2.99. The monoisotopic (exact) mass is 176 g/mol. The summed E-state index contributed by atoms with van der Waals surface area (Å²) in [5, 5.41) is 8.88. The summed E-state index contributed by atoms with van der Waals surface area (Å²) < 4.78 is 0. The maximum Gasteiger partial charge on any atom is 0.0471 e. The number of benzene rings is 1. The molecule has 0 saturated heterocycles. The Kier molecular flexibility index (Phi) is 3.71. The van der Waals surface area contributed by atoms with Crippen LogP contribution in [0, 0.1) is 6.92 Å². The second-order valence-corrected chi connectivity index (χ2v) is 3.10. The first kappa shape index (κ1) is 10.0. The van der Waals surface area contributed by atoms with Crippen LogP contribution in [-0.4, -0.2) is 11.7 Å². The van der Waals surface area contributed by atoms with Gasteiger partial charge in [-0.15, -0.1) is 0 Å². The van der Waals surface area contributed by atoms with Crippen molar-refractivity contribution in [2.75, 3.05) is 6.61 Å². The van der Waals surface area contributed by atoms with Crippen LogP contribution in [0.1, 0.15) is 24.5 Å². The molecule has 1 aromatic carbocycles. The van der Waals surface area contributed by atoms with Gasteiger partial charge in [-0.25, -0.2) is 0 Å². The molecule has 0 aliphatic heterocycles. The molecule has 0 aliphatic carbocycles. The van der Waals surface area contributed by atoms with E-state index in [1.165, 1.54) is 16.7 Å². The van der Waals surface area contributed by atoms with Gasteiger partial charge in [0.1, 0.15) is 0 Å². The van der Waals surface area contributed by atoms with Crippen LogP contribution in [0.25, 0.3) is 5.57 Å². The van der Waals surface area contributed by atoms with E-state index in [0.717, 1.165) is 6.42 Å². The fourth-order valence-corrected chi connectivity index (χ4v) is 1.49. The predicted octanol–water partition coefficient (Wildman–Crippen LogP) is 2.78. The van der Waals surface area contributed by atoms with Gasteiger partial charge in [0, 0.05) is 6.61 Å². The minimum atomic E-state index is 0.216. The van der Waals surface area contributed by atoms with Crippen LogP contribution in [0.15, 0.2) is 30.3 Å². The number of aryl methyl sites for hydroxylation is 1. The first-order valence-electron chi connectivity index (χ1n) is 4.61. The van der Waals surface area contributed by atoms with Gasteiger partial charge in [-0.2, -0.15) is 0 Å². The molecule has 0 aliphatic rings. The zero-order chi connectivity index (χ0) is 9.68. The van der Waals surface area contributed by atoms with Gasteiger partial charge in [0.2, 0.25) is 0 Å². The van der Waals surface area contributed by atoms with Crippen molar-refractivity contribution in [2.24, 2.45) is 0 Å². The van der Waals surface area contributed by atoms with Crippen LogP contribution < -0.4 is 0 Å². The van der Waals surface area contributed by atoms with Crippen molar-refractivity contribution in [2.45, 2.75) is 20.3 Å². The lowest BCUT2D eigenvalue weighted by molar-refractivity contribution is 0.305. The molecule has 0 heterocycles. The van der Waals surface area contributed by atoms with Crippen molar-refractivity contribution in [3.63, 3.8) is 0 Å². The smallest absolute Gasteiger partial charge is 0.0471 e. The Hall–Kier alpha value is -1.08. The van der Waals surface area contributed by atoms with Gasteiger partial charge in [0.05, 0.1) is 0 Å². The Morgan fingerprint density at radius 1 is 1.38 bits per heavy atom. The Labute approximate surface area is 79.7 Å². The van der Waals surface area contributed by atoms with E-state index in [1.807, 2.05) is 19.1 Å². The van der Waals surface area contributed by atoms with Gasteiger partial charge in [-0.1, -0.05) is 30.3 Å². The first-order valence-corrected chi connectivity index (χ1v) is 4.61. The van der Waals surface area contributed by atoms with Crippen LogP contribution in [0.2, 0.25) is 0 Å². The molecule has 1 rings (SSSR count). The second-order valence-electron chi connectivity index (χ2n) is 3.10. The lowest BCUT2D eigenvalue weighted by atomic mass is 9.98. The van der Waals surface area contributed by atoms with Gasteiger partial charge in [-0.3, -0.25) is 0 Å². The number of aliphatic hydroxyl groups excluding tert-OH is 1. The third kappa shape index (κ3) is 2.43. The van der Waals surface area contributed by atoms with E-state index < -0.39 is 0 Å². The minimum Gasteiger partial charge on any atom is -0.396 e. The van der Waals surface area contributed by atoms with E-state index in [4.69, 9.17) is 5.11 Å². The van der Waals surface area contributed by atoms with Crippen LogP contribution in [0.3, 0.4) is 0 Å². The molecule has 1 aromatic rings. The van der Waals surface area contributed by atoms with E-state index in [2.05, 4.69) is 25.1 Å². The average Bonchev–Trinajstić information content (AvgIpc) is 2.16. The maximum absolute atomic E-state index is 8.88. The van der Waals surface area contributed by atoms with Gasteiger partial charge in [0.25, 0.3) is 0 Å². The molecule has 0 fully saturated rings. The Morgan fingerprint density at radius 2 is 2.08 bits per heavy atom. The van der Waals surface area contributed by atoms with Crippen molar-refractivity contribution in [1.82, 2.24) is 0 Å². The number of rotatable bonds is 3. The summed E-state index contributed by atoms with van der Waals surface area (Å²) in [6, 6.07) is 8.25. The summed E-state index contributed by atoms with van der Waals surface area (Å²) in [4.78, 5) is 0. The number of hydrogen-bond acceptors (Lipinski definition) is 1.